The van der Waals surface area contributed by atoms with Gasteiger partial charge in [-0.3, -0.25) is 14.5 Å². The van der Waals surface area contributed by atoms with Crippen molar-refractivity contribution in [2.75, 3.05) is 42.9 Å². The quantitative estimate of drug-likeness (QED) is 0.661. The number of carbonyl (C=O) groups is 2. The van der Waals surface area contributed by atoms with E-state index in [0.29, 0.717) is 5.71 Å². The average Bonchev–Trinajstić information content (AvgIpc) is 3.59. The summed E-state index contributed by atoms with van der Waals surface area (Å²) in [6.45, 7) is 7.98. The first-order chi connectivity index (χ1) is 15.9. The van der Waals surface area contributed by atoms with Crippen molar-refractivity contribution in [3.05, 3.63) is 57.6 Å². The van der Waals surface area contributed by atoms with Gasteiger partial charge in [0.15, 0.2) is 5.78 Å². The Hall–Kier alpha value is -2.51. The zero-order chi connectivity index (χ0) is 23.1. The normalized spacial score (nSPS) is 21.7. The molecule has 2 aromatic carbocycles. The van der Waals surface area contributed by atoms with Gasteiger partial charge in [0.2, 0.25) is 0 Å². The van der Waals surface area contributed by atoms with E-state index in [4.69, 9.17) is 0 Å². The van der Waals surface area contributed by atoms with Gasteiger partial charge in [0.25, 0.3) is 5.91 Å². The summed E-state index contributed by atoms with van der Waals surface area (Å²) in [5.74, 6) is 0.0585. The smallest absolute Gasteiger partial charge is 0.260 e. The number of aliphatic imine (C=N–C) groups is 1. The van der Waals surface area contributed by atoms with Crippen LogP contribution in [0.3, 0.4) is 0 Å². The van der Waals surface area contributed by atoms with E-state index in [1.807, 2.05) is 18.2 Å². The molecule has 1 saturated heterocycles. The van der Waals surface area contributed by atoms with Crippen LogP contribution in [0.4, 0.5) is 11.4 Å². The fourth-order valence-electron chi connectivity index (χ4n) is 4.75. The molecular weight excluding hydrogens is 480 g/mol. The molecule has 3 aliphatic rings. The maximum absolute atomic E-state index is 13.0. The number of fused-ring (bicyclic) bond motifs is 1. The fourth-order valence-corrected chi connectivity index (χ4v) is 5.11. The summed E-state index contributed by atoms with van der Waals surface area (Å²) in [7, 11) is 0. The van der Waals surface area contributed by atoms with E-state index in [9.17, 15) is 9.59 Å². The number of halogens is 1. The summed E-state index contributed by atoms with van der Waals surface area (Å²) >= 11 is 3.51. The average molecular weight is 509 g/mol. The van der Waals surface area contributed by atoms with Crippen molar-refractivity contribution in [1.82, 2.24) is 4.90 Å². The van der Waals surface area contributed by atoms with Gasteiger partial charge in [-0.1, -0.05) is 28.1 Å². The van der Waals surface area contributed by atoms with E-state index in [0.717, 1.165) is 54.7 Å². The van der Waals surface area contributed by atoms with Gasteiger partial charge in [-0.2, -0.15) is 0 Å². The maximum Gasteiger partial charge on any atom is 0.260 e. The second kappa shape index (κ2) is 9.03. The van der Waals surface area contributed by atoms with Crippen molar-refractivity contribution >= 4 is 44.7 Å². The SMILES string of the molecule is Cc1cccc(N2CCN(CC(=O)N=C3c4cc(Br)ccc4NC3C(=O)C3CC3)CC2)c1C. The zero-order valence-electron chi connectivity index (χ0n) is 19.1. The predicted molar refractivity (Wildman–Crippen MR) is 135 cm³/mol. The molecule has 1 atom stereocenters. The Morgan fingerprint density at radius 1 is 1.09 bits per heavy atom. The molecule has 0 spiro atoms. The highest BCUT2D eigenvalue weighted by molar-refractivity contribution is 9.10. The van der Waals surface area contributed by atoms with Gasteiger partial charge in [0.05, 0.1) is 12.3 Å². The summed E-state index contributed by atoms with van der Waals surface area (Å²) in [6, 6.07) is 11.7. The molecule has 6 nitrogen and oxygen atoms in total. The topological polar surface area (TPSA) is 65.0 Å². The molecular formula is C26H29BrN4O2. The summed E-state index contributed by atoms with van der Waals surface area (Å²) in [5, 5.41) is 3.30. The highest BCUT2D eigenvalue weighted by Crippen LogP contribution is 2.36. The number of aryl methyl sites for hydroxylation is 1. The van der Waals surface area contributed by atoms with Gasteiger partial charge >= 0.3 is 0 Å². The minimum Gasteiger partial charge on any atom is -0.370 e. The third-order valence-corrected chi connectivity index (χ3v) is 7.48. The molecule has 7 heteroatoms. The minimum atomic E-state index is -0.521. The first-order valence-corrected chi connectivity index (χ1v) is 12.4. The Labute approximate surface area is 203 Å². The molecule has 2 aromatic rings. The molecule has 2 heterocycles. The van der Waals surface area contributed by atoms with Gasteiger partial charge in [-0.25, -0.2) is 4.99 Å². The third kappa shape index (κ3) is 4.62. The largest absolute Gasteiger partial charge is 0.370 e. The lowest BCUT2D eigenvalue weighted by Gasteiger charge is -2.36. The summed E-state index contributed by atoms with van der Waals surface area (Å²) in [6.07, 6.45) is 1.87. The molecule has 1 amide bonds. The van der Waals surface area contributed by atoms with Crippen LogP contribution in [0, 0.1) is 19.8 Å². The predicted octanol–water partition coefficient (Wildman–Crippen LogP) is 3.98. The molecule has 5 rings (SSSR count). The van der Waals surface area contributed by atoms with Gasteiger partial charge in [-0.15, -0.1) is 0 Å². The van der Waals surface area contributed by atoms with Gasteiger partial charge in [0, 0.05) is 53.5 Å². The first-order valence-electron chi connectivity index (χ1n) is 11.7. The standard InChI is InChI=1S/C26H29BrN4O2/c1-16-4-3-5-22(17(16)2)31-12-10-30(11-13-31)15-23(32)29-24-20-14-19(27)8-9-21(20)28-25(24)26(33)18-6-7-18/h3-5,8-9,14,18,25,28H,6-7,10-13,15H2,1-2H3. The van der Waals surface area contributed by atoms with Crippen molar-refractivity contribution in [3.63, 3.8) is 0 Å². The van der Waals surface area contributed by atoms with Crippen molar-refractivity contribution in [2.45, 2.75) is 32.7 Å². The van der Waals surface area contributed by atoms with Crippen molar-refractivity contribution in [2.24, 2.45) is 10.9 Å². The maximum atomic E-state index is 13.0. The van der Waals surface area contributed by atoms with Crippen LogP contribution in [-0.2, 0) is 9.59 Å². The number of hydrogen-bond donors (Lipinski definition) is 1. The second-order valence-corrected chi connectivity index (χ2v) is 10.2. The molecule has 0 aromatic heterocycles. The van der Waals surface area contributed by atoms with Gasteiger partial charge in [-0.05, 0) is 62.1 Å². The third-order valence-electron chi connectivity index (χ3n) is 6.99. The molecule has 33 heavy (non-hydrogen) atoms. The van der Waals surface area contributed by atoms with Crippen LogP contribution in [0.25, 0.3) is 0 Å². The van der Waals surface area contributed by atoms with E-state index < -0.39 is 6.04 Å². The number of nitrogens with zero attached hydrogens (tertiary/aromatic N) is 3. The van der Waals surface area contributed by atoms with Gasteiger partial charge < -0.3 is 10.2 Å². The van der Waals surface area contributed by atoms with Gasteiger partial charge in [0.1, 0.15) is 6.04 Å². The Balaban J connectivity index is 1.27. The lowest BCUT2D eigenvalue weighted by molar-refractivity contribution is -0.119. The number of Topliss-reactive ketones (excluding diaryl/α,β-unsaturated/α-hetero) is 1. The molecule has 1 aliphatic carbocycles. The number of piperazine rings is 1. The molecule has 0 radical (unpaired) electrons. The lowest BCUT2D eigenvalue weighted by atomic mass is 10.0. The lowest BCUT2D eigenvalue weighted by Crippen LogP contribution is -2.48. The summed E-state index contributed by atoms with van der Waals surface area (Å²) < 4.78 is 0.908. The summed E-state index contributed by atoms with van der Waals surface area (Å²) in [5.41, 5.74) is 6.18. The fraction of sp³-hybridized carbons (Fsp3) is 0.423. The number of rotatable bonds is 5. The summed E-state index contributed by atoms with van der Waals surface area (Å²) in [4.78, 5) is 34.9. The van der Waals surface area contributed by atoms with Crippen LogP contribution < -0.4 is 10.2 Å². The first kappa shape index (κ1) is 22.3. The Morgan fingerprint density at radius 3 is 2.58 bits per heavy atom. The van der Waals surface area contributed by atoms with E-state index in [2.05, 4.69) is 68.1 Å². The molecule has 1 unspecified atom stereocenters. The van der Waals surface area contributed by atoms with E-state index in [1.54, 1.807) is 0 Å². The van der Waals surface area contributed by atoms with E-state index >= 15 is 0 Å². The van der Waals surface area contributed by atoms with Crippen molar-refractivity contribution in [3.8, 4) is 0 Å². The van der Waals surface area contributed by atoms with Crippen molar-refractivity contribution < 1.29 is 9.59 Å². The molecule has 1 N–H and O–H groups in total. The highest BCUT2D eigenvalue weighted by atomic mass is 79.9. The molecule has 2 aliphatic heterocycles. The zero-order valence-corrected chi connectivity index (χ0v) is 20.7. The van der Waals surface area contributed by atoms with Crippen LogP contribution in [-0.4, -0.2) is 61.1 Å². The van der Waals surface area contributed by atoms with Crippen LogP contribution in [0.5, 0.6) is 0 Å². The molecule has 1 saturated carbocycles. The molecule has 172 valence electrons. The van der Waals surface area contributed by atoms with Crippen LogP contribution in [0.1, 0.15) is 29.5 Å². The number of ketones is 1. The second-order valence-electron chi connectivity index (χ2n) is 9.32. The number of anilines is 2. The monoisotopic (exact) mass is 508 g/mol. The highest BCUT2D eigenvalue weighted by Gasteiger charge is 2.41. The van der Waals surface area contributed by atoms with E-state index in [1.165, 1.54) is 16.8 Å². The number of benzene rings is 2. The Bertz CT molecular complexity index is 1130. The van der Waals surface area contributed by atoms with Crippen LogP contribution in [0.15, 0.2) is 45.9 Å². The molecule has 0 bridgehead atoms. The minimum absolute atomic E-state index is 0.0960. The number of amides is 1. The van der Waals surface area contributed by atoms with E-state index in [-0.39, 0.29) is 24.2 Å². The number of nitrogens with one attached hydrogen (secondary N) is 1. The Morgan fingerprint density at radius 2 is 1.85 bits per heavy atom. The number of hydrogen-bond acceptors (Lipinski definition) is 5. The number of carbonyl (C=O) groups excluding carboxylic acids is 2. The Kier molecular flexibility index (Phi) is 6.10. The van der Waals surface area contributed by atoms with Crippen LogP contribution in [0.2, 0.25) is 0 Å². The van der Waals surface area contributed by atoms with Crippen LogP contribution >= 0.6 is 15.9 Å². The molecule has 2 fully saturated rings. The van der Waals surface area contributed by atoms with Crippen molar-refractivity contribution in [1.29, 1.82) is 0 Å².